The molecular weight excluding hydrogens is 306 g/mol. The molecule has 94 valence electrons. The van der Waals surface area contributed by atoms with E-state index in [1.807, 2.05) is 11.3 Å². The number of halogens is 1. The van der Waals surface area contributed by atoms with E-state index in [0.29, 0.717) is 0 Å². The summed E-state index contributed by atoms with van der Waals surface area (Å²) in [5.74, 6) is 0. The minimum Gasteiger partial charge on any atom is -0.298 e. The third kappa shape index (κ3) is 2.68. The minimum absolute atomic E-state index is 1.08. The predicted octanol–water partition coefficient (Wildman–Crippen LogP) is 4.11. The molecule has 0 aliphatic carbocycles. The lowest BCUT2D eigenvalue weighted by Crippen LogP contribution is -2.25. The molecule has 3 heteroatoms. The minimum atomic E-state index is 1.08. The molecule has 0 N–H and O–H groups in total. The van der Waals surface area contributed by atoms with E-state index in [2.05, 4.69) is 56.5 Å². The van der Waals surface area contributed by atoms with Gasteiger partial charge in [-0.1, -0.05) is 30.3 Å². The third-order valence-electron chi connectivity index (χ3n) is 3.51. The van der Waals surface area contributed by atoms with Crippen molar-refractivity contribution < 1.29 is 0 Å². The zero-order valence-corrected chi connectivity index (χ0v) is 12.6. The Kier molecular flexibility index (Phi) is 3.83. The Labute approximate surface area is 121 Å². The molecule has 1 aliphatic rings. The molecule has 18 heavy (non-hydrogen) atoms. The van der Waals surface area contributed by atoms with Gasteiger partial charge in [0.2, 0.25) is 0 Å². The molecule has 0 radical (unpaired) electrons. The van der Waals surface area contributed by atoms with Crippen molar-refractivity contribution in [3.8, 4) is 0 Å². The molecular formula is C15H16BrNS. The van der Waals surface area contributed by atoms with Crippen LogP contribution < -0.4 is 0 Å². The molecule has 0 saturated carbocycles. The highest BCUT2D eigenvalue weighted by atomic mass is 79.9. The van der Waals surface area contributed by atoms with Gasteiger partial charge in [0.15, 0.2) is 0 Å². The summed E-state index contributed by atoms with van der Waals surface area (Å²) in [5, 5.41) is 2.23. The summed E-state index contributed by atoms with van der Waals surface area (Å²) in [4.78, 5) is 4.13. The van der Waals surface area contributed by atoms with Gasteiger partial charge >= 0.3 is 0 Å². The van der Waals surface area contributed by atoms with E-state index < -0.39 is 0 Å². The van der Waals surface area contributed by atoms with E-state index in [4.69, 9.17) is 0 Å². The highest BCUT2D eigenvalue weighted by Crippen LogP contribution is 2.30. The number of hydrogen-bond acceptors (Lipinski definition) is 2. The molecule has 2 aromatic rings. The van der Waals surface area contributed by atoms with Crippen LogP contribution in [0.2, 0.25) is 0 Å². The molecule has 0 fully saturated rings. The van der Waals surface area contributed by atoms with Crippen molar-refractivity contribution in [3.05, 3.63) is 56.2 Å². The summed E-state index contributed by atoms with van der Waals surface area (Å²) in [6.07, 6.45) is 2.37. The topological polar surface area (TPSA) is 3.24 Å². The molecule has 0 spiro atoms. The third-order valence-corrected chi connectivity index (χ3v) is 5.61. The van der Waals surface area contributed by atoms with Gasteiger partial charge in [0, 0.05) is 34.4 Å². The summed E-state index contributed by atoms with van der Waals surface area (Å²) in [5.41, 5.74) is 2.96. The lowest BCUT2D eigenvalue weighted by Gasteiger charge is -2.19. The zero-order valence-electron chi connectivity index (χ0n) is 10.2. The SMILES string of the molecule is Brc1csc2c1CCN(Cc1ccccc1)CC2. The fourth-order valence-corrected chi connectivity index (χ4v) is 4.31. The van der Waals surface area contributed by atoms with Gasteiger partial charge in [-0.25, -0.2) is 0 Å². The van der Waals surface area contributed by atoms with Crippen LogP contribution in [-0.2, 0) is 19.4 Å². The Hall–Kier alpha value is -0.640. The molecule has 0 amide bonds. The Bertz CT molecular complexity index is 521. The van der Waals surface area contributed by atoms with E-state index in [1.165, 1.54) is 35.0 Å². The maximum Gasteiger partial charge on any atom is 0.0317 e. The van der Waals surface area contributed by atoms with Crippen molar-refractivity contribution in [1.29, 1.82) is 0 Å². The van der Waals surface area contributed by atoms with Gasteiger partial charge in [-0.05, 0) is 39.9 Å². The van der Waals surface area contributed by atoms with Crippen LogP contribution in [0.3, 0.4) is 0 Å². The van der Waals surface area contributed by atoms with Gasteiger partial charge in [-0.3, -0.25) is 4.90 Å². The predicted molar refractivity (Wildman–Crippen MR) is 81.1 cm³/mol. The number of thiophene rings is 1. The van der Waals surface area contributed by atoms with Crippen LogP contribution >= 0.6 is 27.3 Å². The molecule has 1 aromatic heterocycles. The quantitative estimate of drug-likeness (QED) is 0.804. The number of nitrogens with zero attached hydrogens (tertiary/aromatic N) is 1. The highest BCUT2D eigenvalue weighted by molar-refractivity contribution is 9.10. The van der Waals surface area contributed by atoms with E-state index in [9.17, 15) is 0 Å². The van der Waals surface area contributed by atoms with Crippen molar-refractivity contribution in [1.82, 2.24) is 4.90 Å². The van der Waals surface area contributed by atoms with E-state index in [1.54, 1.807) is 4.88 Å². The van der Waals surface area contributed by atoms with Gasteiger partial charge in [0.1, 0.15) is 0 Å². The maximum absolute atomic E-state index is 3.67. The monoisotopic (exact) mass is 321 g/mol. The smallest absolute Gasteiger partial charge is 0.0317 e. The van der Waals surface area contributed by atoms with Crippen LogP contribution in [0.4, 0.5) is 0 Å². The van der Waals surface area contributed by atoms with Crippen LogP contribution in [0.15, 0.2) is 40.2 Å². The summed E-state index contributed by atoms with van der Waals surface area (Å²) in [7, 11) is 0. The number of fused-ring (bicyclic) bond motifs is 1. The second kappa shape index (κ2) is 5.55. The van der Waals surface area contributed by atoms with Crippen molar-refractivity contribution in [3.63, 3.8) is 0 Å². The van der Waals surface area contributed by atoms with Crippen LogP contribution in [0, 0.1) is 0 Å². The van der Waals surface area contributed by atoms with Crippen LogP contribution in [0.25, 0.3) is 0 Å². The summed E-state index contributed by atoms with van der Waals surface area (Å²) < 4.78 is 1.31. The molecule has 0 saturated heterocycles. The standard InChI is InChI=1S/C15H16BrNS/c16-14-11-18-15-7-9-17(8-6-13(14)15)10-12-4-2-1-3-5-12/h1-5,11H,6-10H2. The van der Waals surface area contributed by atoms with E-state index in [-0.39, 0.29) is 0 Å². The second-order valence-corrected chi connectivity index (χ2v) is 6.57. The van der Waals surface area contributed by atoms with Gasteiger partial charge in [-0.2, -0.15) is 0 Å². The van der Waals surface area contributed by atoms with Gasteiger partial charge in [-0.15, -0.1) is 11.3 Å². The summed E-state index contributed by atoms with van der Waals surface area (Å²) >= 11 is 5.57. The second-order valence-electron chi connectivity index (χ2n) is 4.75. The van der Waals surface area contributed by atoms with Gasteiger partial charge in [0.25, 0.3) is 0 Å². The lowest BCUT2D eigenvalue weighted by atomic mass is 10.2. The molecule has 1 aromatic carbocycles. The maximum atomic E-state index is 3.67. The molecule has 3 rings (SSSR count). The average molecular weight is 322 g/mol. The zero-order chi connectivity index (χ0) is 12.4. The Morgan fingerprint density at radius 3 is 2.72 bits per heavy atom. The van der Waals surface area contributed by atoms with Crippen molar-refractivity contribution in [2.24, 2.45) is 0 Å². The lowest BCUT2D eigenvalue weighted by molar-refractivity contribution is 0.279. The number of rotatable bonds is 2. The molecule has 0 bridgehead atoms. The molecule has 0 unspecified atom stereocenters. The summed E-state index contributed by atoms with van der Waals surface area (Å²) in [6.45, 7) is 3.42. The first-order valence-corrected chi connectivity index (χ1v) is 8.01. The first-order chi connectivity index (χ1) is 8.83. The Morgan fingerprint density at radius 1 is 1.11 bits per heavy atom. The van der Waals surface area contributed by atoms with Crippen molar-refractivity contribution >= 4 is 27.3 Å². The Balaban J connectivity index is 1.68. The van der Waals surface area contributed by atoms with Crippen molar-refractivity contribution in [2.75, 3.05) is 13.1 Å². The average Bonchev–Trinajstić information content (AvgIpc) is 2.63. The van der Waals surface area contributed by atoms with E-state index in [0.717, 1.165) is 13.1 Å². The fourth-order valence-electron chi connectivity index (χ4n) is 2.51. The first kappa shape index (κ1) is 12.4. The highest BCUT2D eigenvalue weighted by Gasteiger charge is 2.17. The van der Waals surface area contributed by atoms with Crippen LogP contribution in [0.1, 0.15) is 16.0 Å². The van der Waals surface area contributed by atoms with Crippen LogP contribution in [0.5, 0.6) is 0 Å². The molecule has 1 aliphatic heterocycles. The summed E-state index contributed by atoms with van der Waals surface area (Å²) in [6, 6.07) is 10.8. The first-order valence-electron chi connectivity index (χ1n) is 6.34. The molecule has 0 atom stereocenters. The Morgan fingerprint density at radius 2 is 1.89 bits per heavy atom. The fraction of sp³-hybridized carbons (Fsp3) is 0.333. The molecule has 1 nitrogen and oxygen atoms in total. The van der Waals surface area contributed by atoms with Gasteiger partial charge < -0.3 is 0 Å². The van der Waals surface area contributed by atoms with Gasteiger partial charge in [0.05, 0.1) is 0 Å². The number of hydrogen-bond donors (Lipinski definition) is 0. The van der Waals surface area contributed by atoms with E-state index >= 15 is 0 Å². The number of benzene rings is 1. The largest absolute Gasteiger partial charge is 0.298 e. The normalized spacial score (nSPS) is 16.3. The van der Waals surface area contributed by atoms with Crippen LogP contribution in [-0.4, -0.2) is 18.0 Å². The van der Waals surface area contributed by atoms with Crippen molar-refractivity contribution in [2.45, 2.75) is 19.4 Å². The molecule has 2 heterocycles.